The number of benzene rings is 1. The lowest BCUT2D eigenvalue weighted by Gasteiger charge is -2.43. The molecule has 0 unspecified atom stereocenters. The van der Waals surface area contributed by atoms with Crippen LogP contribution in [-0.4, -0.2) is 40.3 Å². The molecule has 0 saturated carbocycles. The molecular formula is C20H24N2O2. The molecule has 1 aromatic heterocycles. The molecule has 4 heteroatoms. The summed E-state index contributed by atoms with van der Waals surface area (Å²) in [5.74, 6) is 0.926. The first-order valence-corrected chi connectivity index (χ1v) is 8.83. The van der Waals surface area contributed by atoms with Gasteiger partial charge in [0.25, 0.3) is 5.56 Å². The van der Waals surface area contributed by atoms with Crippen molar-refractivity contribution in [1.29, 1.82) is 0 Å². The molecule has 24 heavy (non-hydrogen) atoms. The fourth-order valence-electron chi connectivity index (χ4n) is 4.39. The summed E-state index contributed by atoms with van der Waals surface area (Å²) in [7, 11) is 0. The van der Waals surface area contributed by atoms with Crippen LogP contribution >= 0.6 is 0 Å². The highest BCUT2D eigenvalue weighted by atomic mass is 16.3. The van der Waals surface area contributed by atoms with E-state index < -0.39 is 0 Å². The van der Waals surface area contributed by atoms with Crippen LogP contribution in [0, 0.1) is 5.92 Å². The van der Waals surface area contributed by atoms with E-state index >= 15 is 0 Å². The van der Waals surface area contributed by atoms with E-state index in [2.05, 4.69) is 23.1 Å². The second-order valence-corrected chi connectivity index (χ2v) is 7.26. The van der Waals surface area contributed by atoms with E-state index in [4.69, 9.17) is 0 Å². The maximum Gasteiger partial charge on any atom is 0.250 e. The molecule has 4 rings (SSSR count). The maximum atomic E-state index is 12.1. The third kappa shape index (κ3) is 3.17. The molecule has 4 nitrogen and oxygen atoms in total. The minimum absolute atomic E-state index is 0.125. The first-order valence-electron chi connectivity index (χ1n) is 8.83. The number of nitrogens with zero attached hydrogens (tertiary/aromatic N) is 2. The summed E-state index contributed by atoms with van der Waals surface area (Å²) in [4.78, 5) is 14.4. The largest absolute Gasteiger partial charge is 0.391 e. The molecule has 2 aliphatic rings. The molecule has 0 aliphatic carbocycles. The molecule has 1 saturated heterocycles. The quantitative estimate of drug-likeness (QED) is 0.934. The van der Waals surface area contributed by atoms with Gasteiger partial charge in [0.05, 0.1) is 6.10 Å². The summed E-state index contributed by atoms with van der Waals surface area (Å²) in [6, 6.07) is 15.8. The summed E-state index contributed by atoms with van der Waals surface area (Å²) in [6.07, 6.45) is 1.52. The third-order valence-electron chi connectivity index (χ3n) is 5.34. The van der Waals surface area contributed by atoms with Gasteiger partial charge < -0.3 is 9.67 Å². The molecule has 0 radical (unpaired) electrons. The normalized spacial score (nSPS) is 24.4. The first-order chi connectivity index (χ1) is 11.7. The Bertz CT molecular complexity index is 756. The second kappa shape index (κ2) is 6.54. The minimum Gasteiger partial charge on any atom is -0.391 e. The average Bonchev–Trinajstić information content (AvgIpc) is 2.56. The molecule has 2 aromatic rings. The number of aliphatic hydroxyl groups is 1. The smallest absolute Gasteiger partial charge is 0.250 e. The Morgan fingerprint density at radius 1 is 1.04 bits per heavy atom. The van der Waals surface area contributed by atoms with Gasteiger partial charge in [0.1, 0.15) is 0 Å². The molecule has 126 valence electrons. The second-order valence-electron chi connectivity index (χ2n) is 7.26. The zero-order chi connectivity index (χ0) is 16.5. The van der Waals surface area contributed by atoms with Crippen LogP contribution in [0.2, 0.25) is 0 Å². The van der Waals surface area contributed by atoms with Crippen LogP contribution < -0.4 is 5.56 Å². The van der Waals surface area contributed by atoms with Gasteiger partial charge in [-0.15, -0.1) is 0 Å². The predicted octanol–water partition coefficient (Wildman–Crippen LogP) is 1.87. The molecule has 3 atom stereocenters. The molecule has 1 aromatic carbocycles. The van der Waals surface area contributed by atoms with Gasteiger partial charge in [0, 0.05) is 43.9 Å². The molecule has 1 N–H and O–H groups in total. The monoisotopic (exact) mass is 324 g/mol. The Morgan fingerprint density at radius 2 is 1.88 bits per heavy atom. The lowest BCUT2D eigenvalue weighted by Crippen LogP contribution is -2.49. The van der Waals surface area contributed by atoms with Crippen molar-refractivity contribution in [3.8, 4) is 0 Å². The van der Waals surface area contributed by atoms with Crippen LogP contribution in [0.25, 0.3) is 0 Å². The zero-order valence-electron chi connectivity index (χ0n) is 13.8. The van der Waals surface area contributed by atoms with E-state index in [1.54, 1.807) is 6.07 Å². The maximum absolute atomic E-state index is 12.1. The van der Waals surface area contributed by atoms with Crippen LogP contribution in [0.3, 0.4) is 0 Å². The summed E-state index contributed by atoms with van der Waals surface area (Å²) < 4.78 is 1.95. The van der Waals surface area contributed by atoms with E-state index in [0.29, 0.717) is 24.8 Å². The van der Waals surface area contributed by atoms with Gasteiger partial charge in [0.15, 0.2) is 0 Å². The fourth-order valence-corrected chi connectivity index (χ4v) is 4.39. The standard InChI is InChI=1S/C20H24N2O2/c23-18(10-15-5-2-1-3-6-15)14-21-11-16-9-17(13-21)19-7-4-8-20(24)22(19)12-16/h1-8,16-18,23H,9-14H2/t16-,17+,18+/m0/s1. The van der Waals surface area contributed by atoms with Gasteiger partial charge in [-0.3, -0.25) is 9.69 Å². The SMILES string of the molecule is O=c1cccc2n1C[C@H]1C[C@@H]2CN(C[C@H](O)Cc2ccccc2)C1. The summed E-state index contributed by atoms with van der Waals surface area (Å²) in [6.45, 7) is 3.44. The van der Waals surface area contributed by atoms with E-state index in [1.165, 1.54) is 11.3 Å². The number of β-amino-alcohol motifs (C(OH)–C–C–N with tert-alkyl or cyclic N) is 1. The number of fused-ring (bicyclic) bond motifs is 4. The van der Waals surface area contributed by atoms with Gasteiger partial charge in [0.2, 0.25) is 0 Å². The topological polar surface area (TPSA) is 45.5 Å². The van der Waals surface area contributed by atoms with Crippen molar-refractivity contribution in [3.63, 3.8) is 0 Å². The van der Waals surface area contributed by atoms with Crippen molar-refractivity contribution >= 4 is 0 Å². The van der Waals surface area contributed by atoms with Crippen molar-refractivity contribution in [2.75, 3.05) is 19.6 Å². The fraction of sp³-hybridized carbons (Fsp3) is 0.450. The highest BCUT2D eigenvalue weighted by Gasteiger charge is 2.34. The molecule has 3 heterocycles. The average molecular weight is 324 g/mol. The van der Waals surface area contributed by atoms with E-state index in [9.17, 15) is 9.90 Å². The van der Waals surface area contributed by atoms with Gasteiger partial charge >= 0.3 is 0 Å². The van der Waals surface area contributed by atoms with Gasteiger partial charge in [-0.25, -0.2) is 0 Å². The van der Waals surface area contributed by atoms with Crippen LogP contribution in [-0.2, 0) is 13.0 Å². The highest BCUT2D eigenvalue weighted by Crippen LogP contribution is 2.34. The molecular weight excluding hydrogens is 300 g/mol. The summed E-state index contributed by atoms with van der Waals surface area (Å²) in [5, 5.41) is 10.5. The highest BCUT2D eigenvalue weighted by molar-refractivity contribution is 5.18. The first kappa shape index (κ1) is 15.6. The van der Waals surface area contributed by atoms with Crippen LogP contribution in [0.1, 0.15) is 23.6 Å². The number of rotatable bonds is 4. The number of pyridine rings is 1. The zero-order valence-corrected chi connectivity index (χ0v) is 13.8. The molecule has 0 amide bonds. The van der Waals surface area contributed by atoms with Crippen molar-refractivity contribution in [2.45, 2.75) is 31.4 Å². The van der Waals surface area contributed by atoms with Crippen LogP contribution in [0.5, 0.6) is 0 Å². The number of aliphatic hydroxyl groups excluding tert-OH is 1. The van der Waals surface area contributed by atoms with Gasteiger partial charge in [-0.05, 0) is 30.4 Å². The van der Waals surface area contributed by atoms with Crippen molar-refractivity contribution in [1.82, 2.24) is 9.47 Å². The number of hydrogen-bond donors (Lipinski definition) is 1. The lowest BCUT2D eigenvalue weighted by atomic mass is 9.83. The van der Waals surface area contributed by atoms with Gasteiger partial charge in [-0.2, -0.15) is 0 Å². The molecule has 1 fully saturated rings. The third-order valence-corrected chi connectivity index (χ3v) is 5.34. The van der Waals surface area contributed by atoms with Crippen LogP contribution in [0.4, 0.5) is 0 Å². The van der Waals surface area contributed by atoms with Crippen molar-refractivity contribution < 1.29 is 5.11 Å². The Balaban J connectivity index is 1.43. The number of hydrogen-bond acceptors (Lipinski definition) is 3. The number of aromatic nitrogens is 1. The Kier molecular flexibility index (Phi) is 4.25. The Labute approximate surface area is 142 Å². The number of likely N-dealkylation sites (tertiary alicyclic amines) is 1. The van der Waals surface area contributed by atoms with Crippen LogP contribution in [0.15, 0.2) is 53.3 Å². The Hall–Kier alpha value is -1.91. The van der Waals surface area contributed by atoms with Crippen molar-refractivity contribution in [3.05, 3.63) is 70.1 Å². The number of piperidine rings is 1. The lowest BCUT2D eigenvalue weighted by molar-refractivity contribution is 0.0626. The molecule has 2 bridgehead atoms. The van der Waals surface area contributed by atoms with E-state index in [0.717, 1.165) is 26.1 Å². The molecule has 2 aliphatic heterocycles. The van der Waals surface area contributed by atoms with E-state index in [-0.39, 0.29) is 11.7 Å². The molecule has 0 spiro atoms. The Morgan fingerprint density at radius 3 is 2.71 bits per heavy atom. The predicted molar refractivity (Wildman–Crippen MR) is 94.1 cm³/mol. The minimum atomic E-state index is -0.343. The summed E-state index contributed by atoms with van der Waals surface area (Å²) in [5.41, 5.74) is 2.47. The summed E-state index contributed by atoms with van der Waals surface area (Å²) >= 11 is 0. The van der Waals surface area contributed by atoms with Crippen molar-refractivity contribution in [2.24, 2.45) is 5.92 Å². The van der Waals surface area contributed by atoms with E-state index in [1.807, 2.05) is 28.8 Å². The van der Waals surface area contributed by atoms with Gasteiger partial charge in [-0.1, -0.05) is 36.4 Å².